The molecule has 172 valence electrons. The molecule has 0 saturated heterocycles. The number of hydrogen-bond donors (Lipinski definition) is 1. The molecule has 34 heavy (non-hydrogen) atoms. The smallest absolute Gasteiger partial charge is 0.276 e. The first kappa shape index (κ1) is 21.9. The molecular weight excluding hydrogens is 454 g/mol. The summed E-state index contributed by atoms with van der Waals surface area (Å²) < 4.78 is 6.12. The van der Waals surface area contributed by atoms with Crippen LogP contribution in [0.5, 0.6) is 0 Å². The van der Waals surface area contributed by atoms with E-state index in [1.54, 1.807) is 29.3 Å². The lowest BCUT2D eigenvalue weighted by atomic mass is 10.1. The van der Waals surface area contributed by atoms with E-state index in [1.165, 1.54) is 23.9 Å². The number of benzene rings is 2. The highest BCUT2D eigenvalue weighted by molar-refractivity contribution is 8.13. The van der Waals surface area contributed by atoms with E-state index in [2.05, 4.69) is 12.2 Å². The lowest BCUT2D eigenvalue weighted by molar-refractivity contribution is -0.384. The number of thioether (sulfide) groups is 1. The van der Waals surface area contributed by atoms with Gasteiger partial charge in [-0.1, -0.05) is 43.3 Å². The molecule has 3 heterocycles. The zero-order valence-electron chi connectivity index (χ0n) is 18.3. The van der Waals surface area contributed by atoms with Crippen molar-refractivity contribution < 1.29 is 14.1 Å². The molecule has 5 rings (SSSR count). The Kier molecular flexibility index (Phi) is 5.89. The van der Waals surface area contributed by atoms with E-state index in [4.69, 9.17) is 14.5 Å². The van der Waals surface area contributed by atoms with Crippen LogP contribution in [-0.4, -0.2) is 26.8 Å². The Labute approximate surface area is 199 Å². The fourth-order valence-corrected chi connectivity index (χ4v) is 4.72. The van der Waals surface area contributed by atoms with Crippen LogP contribution in [0.15, 0.2) is 75.2 Å². The second-order valence-corrected chi connectivity index (χ2v) is 8.86. The molecule has 0 bridgehead atoms. The van der Waals surface area contributed by atoms with Gasteiger partial charge in [0.25, 0.3) is 11.6 Å². The molecule has 0 saturated carbocycles. The first-order valence-electron chi connectivity index (χ1n) is 10.9. The second-order valence-electron chi connectivity index (χ2n) is 7.78. The van der Waals surface area contributed by atoms with Crippen LogP contribution in [0.1, 0.15) is 31.7 Å². The minimum Gasteiger partial charge on any atom is -0.457 e. The van der Waals surface area contributed by atoms with Crippen molar-refractivity contribution in [2.75, 3.05) is 5.75 Å². The summed E-state index contributed by atoms with van der Waals surface area (Å²) in [5.74, 6) is 1.67. The van der Waals surface area contributed by atoms with Gasteiger partial charge in [-0.25, -0.2) is 10.0 Å². The summed E-state index contributed by atoms with van der Waals surface area (Å²) in [5, 5.41) is 22.1. The highest BCUT2D eigenvalue weighted by Gasteiger charge is 2.35. The van der Waals surface area contributed by atoms with Gasteiger partial charge in [-0.05, 0) is 36.8 Å². The average Bonchev–Trinajstić information content (AvgIpc) is 3.34. The molecule has 9 nitrogen and oxygen atoms in total. The van der Waals surface area contributed by atoms with E-state index >= 15 is 0 Å². The standard InChI is InChI=1S/C24H21N5O4S/c1-2-3-14-34-24-26-23(30)21-17-6-4-5-7-18(17)25-22(28(21)27-24)20-13-12-19(33-20)15-8-10-16(11-9-15)29(31)32/h4-13,22H,2-3,14H2,1H3,(H,26,27,30)/t22-/m1/s1. The number of nitro benzene ring substituents is 1. The average molecular weight is 476 g/mol. The largest absolute Gasteiger partial charge is 0.457 e. The van der Waals surface area contributed by atoms with Gasteiger partial charge in [0, 0.05) is 28.7 Å². The maximum absolute atomic E-state index is 13.1. The van der Waals surface area contributed by atoms with Crippen LogP contribution in [0.4, 0.5) is 5.69 Å². The summed E-state index contributed by atoms with van der Waals surface area (Å²) in [6, 6.07) is 17.2. The molecule has 0 fully saturated rings. The predicted octanol–water partition coefficient (Wildman–Crippen LogP) is 3.53. The fraction of sp³-hybridized carbons (Fsp3) is 0.208. The molecule has 2 aliphatic heterocycles. The molecule has 0 radical (unpaired) electrons. The van der Waals surface area contributed by atoms with Gasteiger partial charge >= 0.3 is 0 Å². The molecule has 2 aromatic carbocycles. The van der Waals surface area contributed by atoms with Gasteiger partial charge in [-0.15, -0.1) is 5.10 Å². The molecule has 3 aromatic rings. The van der Waals surface area contributed by atoms with E-state index in [9.17, 15) is 14.9 Å². The number of amides is 1. The Morgan fingerprint density at radius 3 is 2.71 bits per heavy atom. The number of nitrogens with zero attached hydrogens (tertiary/aromatic N) is 4. The predicted molar refractivity (Wildman–Crippen MR) is 129 cm³/mol. The second kappa shape index (κ2) is 9.14. The van der Waals surface area contributed by atoms with Gasteiger partial charge in [-0.2, -0.15) is 0 Å². The highest BCUT2D eigenvalue weighted by atomic mass is 32.2. The molecular formula is C24H21N5O4S. The van der Waals surface area contributed by atoms with Crippen molar-refractivity contribution in [1.82, 2.24) is 10.3 Å². The third-order valence-electron chi connectivity index (χ3n) is 5.50. The number of fused-ring (bicyclic) bond motifs is 2. The van der Waals surface area contributed by atoms with Crippen LogP contribution < -0.4 is 15.9 Å². The molecule has 1 atom stereocenters. The first-order chi connectivity index (χ1) is 16.5. The summed E-state index contributed by atoms with van der Waals surface area (Å²) in [5.41, 5.74) is 1.13. The number of nitrogens with one attached hydrogen (secondary N) is 1. The van der Waals surface area contributed by atoms with Gasteiger partial charge in [0.1, 0.15) is 11.5 Å². The number of unbranched alkanes of at least 4 members (excludes halogenated alkanes) is 1. The minimum absolute atomic E-state index is 0.00966. The van der Waals surface area contributed by atoms with Crippen LogP contribution in [0.3, 0.4) is 0 Å². The van der Waals surface area contributed by atoms with Gasteiger partial charge in [0.05, 0.1) is 10.3 Å². The summed E-state index contributed by atoms with van der Waals surface area (Å²) in [7, 11) is 0. The first-order valence-corrected chi connectivity index (χ1v) is 11.9. The molecule has 1 aromatic heterocycles. The maximum atomic E-state index is 13.1. The Bertz CT molecular complexity index is 1410. The monoisotopic (exact) mass is 475 g/mol. The summed E-state index contributed by atoms with van der Waals surface area (Å²) >= 11 is 1.50. The fourth-order valence-electron chi connectivity index (χ4n) is 3.79. The van der Waals surface area contributed by atoms with Gasteiger partial charge in [-0.3, -0.25) is 20.2 Å². The van der Waals surface area contributed by atoms with Crippen molar-refractivity contribution in [3.63, 3.8) is 0 Å². The minimum atomic E-state index is -0.662. The number of hydrogen-bond acceptors (Lipinski definition) is 8. The van der Waals surface area contributed by atoms with Crippen molar-refractivity contribution in [2.45, 2.75) is 25.9 Å². The van der Waals surface area contributed by atoms with E-state index in [1.807, 2.05) is 24.3 Å². The van der Waals surface area contributed by atoms with Gasteiger partial charge < -0.3 is 4.42 Å². The topological polar surface area (TPSA) is 113 Å². The molecule has 0 aliphatic carbocycles. The zero-order chi connectivity index (χ0) is 23.7. The Morgan fingerprint density at radius 1 is 1.15 bits per heavy atom. The lowest BCUT2D eigenvalue weighted by Crippen LogP contribution is -2.50. The maximum Gasteiger partial charge on any atom is 0.276 e. The summed E-state index contributed by atoms with van der Waals surface area (Å²) in [6.45, 7) is 2.11. The van der Waals surface area contributed by atoms with Crippen LogP contribution in [0.2, 0.25) is 0 Å². The molecule has 0 spiro atoms. The lowest BCUT2D eigenvalue weighted by Gasteiger charge is -2.32. The Morgan fingerprint density at radius 2 is 1.94 bits per heavy atom. The van der Waals surface area contributed by atoms with E-state index in [0.717, 1.165) is 18.6 Å². The number of carbonyl (C=O) groups is 1. The molecule has 1 N–H and O–H groups in total. The number of hydrazone groups is 1. The van der Waals surface area contributed by atoms with Crippen LogP contribution in [-0.2, 0) is 4.79 Å². The zero-order valence-corrected chi connectivity index (χ0v) is 19.1. The third kappa shape index (κ3) is 4.08. The normalized spacial score (nSPS) is 16.8. The summed E-state index contributed by atoms with van der Waals surface area (Å²) in [6.07, 6.45) is 1.41. The van der Waals surface area contributed by atoms with Crippen LogP contribution in [0, 0.1) is 10.1 Å². The van der Waals surface area contributed by atoms with E-state index in [-0.39, 0.29) is 11.6 Å². The third-order valence-corrected chi connectivity index (χ3v) is 6.45. The summed E-state index contributed by atoms with van der Waals surface area (Å²) in [4.78, 5) is 28.5. The van der Waals surface area contributed by atoms with Crippen molar-refractivity contribution in [1.29, 1.82) is 0 Å². The number of rotatable bonds is 6. The molecule has 0 unspecified atom stereocenters. The SMILES string of the molecule is CCCCSC1=NN2C(=c3ccccc3=N[C@H]2c2ccc(-c3ccc([N+](=O)[O-])cc3)o2)C(=O)N1. The molecule has 10 heteroatoms. The van der Waals surface area contributed by atoms with Crippen LogP contribution in [0.25, 0.3) is 17.0 Å². The molecule has 2 aliphatic rings. The number of amidine groups is 1. The molecule has 1 amide bonds. The van der Waals surface area contributed by atoms with E-state index in [0.29, 0.717) is 38.5 Å². The van der Waals surface area contributed by atoms with E-state index < -0.39 is 11.1 Å². The highest BCUT2D eigenvalue weighted by Crippen LogP contribution is 2.34. The van der Waals surface area contributed by atoms with Crippen molar-refractivity contribution in [3.05, 3.63) is 87.1 Å². The van der Waals surface area contributed by atoms with Gasteiger partial charge in [0.15, 0.2) is 10.9 Å². The van der Waals surface area contributed by atoms with Crippen molar-refractivity contribution in [3.8, 4) is 11.3 Å². The number of non-ortho nitro benzene ring substituents is 1. The number of para-hydroxylation sites is 1. The number of carbonyl (C=O) groups excluding carboxylic acids is 1. The quantitative estimate of drug-likeness (QED) is 0.331. The van der Waals surface area contributed by atoms with Gasteiger partial charge in [0.2, 0.25) is 6.17 Å². The van der Waals surface area contributed by atoms with Crippen molar-refractivity contribution in [2.24, 2.45) is 10.1 Å². The number of furan rings is 1. The number of nitro groups is 1. The Balaban J connectivity index is 1.54. The Hall–Kier alpha value is -3.92. The van der Waals surface area contributed by atoms with Crippen LogP contribution >= 0.6 is 11.8 Å². The van der Waals surface area contributed by atoms with Crippen molar-refractivity contribution >= 4 is 34.2 Å².